The maximum Gasteiger partial charge on any atom is 0.0725 e. The summed E-state index contributed by atoms with van der Waals surface area (Å²) in [6.07, 6.45) is 1.55. The normalized spacial score (nSPS) is 31.3. The fourth-order valence-electron chi connectivity index (χ4n) is 0.754. The van der Waals surface area contributed by atoms with Crippen molar-refractivity contribution in [3.63, 3.8) is 0 Å². The van der Waals surface area contributed by atoms with Crippen LogP contribution in [-0.2, 0) is 4.74 Å². The summed E-state index contributed by atoms with van der Waals surface area (Å²) in [5.41, 5.74) is 0. The number of methoxy groups -OCH3 is 1. The van der Waals surface area contributed by atoms with Gasteiger partial charge in [0.05, 0.1) is 6.10 Å². The minimum atomic E-state index is 0.431. The van der Waals surface area contributed by atoms with Gasteiger partial charge in [-0.15, -0.1) is 0 Å². The van der Waals surface area contributed by atoms with Crippen LogP contribution in [0.1, 0.15) is 6.42 Å². The molecule has 2 heteroatoms. The van der Waals surface area contributed by atoms with Crippen molar-refractivity contribution in [2.24, 2.45) is 0 Å². The molecule has 0 unspecified atom stereocenters. The number of rotatable bonds is 1. The molecule has 0 aromatic heterocycles. The molecule has 0 spiro atoms. The molecule has 1 radical (unpaired) electrons. The van der Waals surface area contributed by atoms with Crippen molar-refractivity contribution < 1.29 is 4.74 Å². The van der Waals surface area contributed by atoms with Gasteiger partial charge in [-0.05, 0) is 6.42 Å². The van der Waals surface area contributed by atoms with Crippen LogP contribution in [0, 0.1) is 0 Å². The van der Waals surface area contributed by atoms with Gasteiger partial charge in [-0.1, -0.05) is 0 Å². The highest BCUT2D eigenvalue weighted by Crippen LogP contribution is 2.00. The van der Waals surface area contributed by atoms with Gasteiger partial charge in [0.15, 0.2) is 0 Å². The van der Waals surface area contributed by atoms with Gasteiger partial charge in [0.1, 0.15) is 0 Å². The minimum Gasteiger partial charge on any atom is -0.380 e. The Morgan fingerprint density at radius 2 is 2.57 bits per heavy atom. The maximum atomic E-state index is 5.02. The third kappa shape index (κ3) is 1.14. The highest BCUT2D eigenvalue weighted by Gasteiger charge is 2.12. The Morgan fingerprint density at radius 1 is 1.71 bits per heavy atom. The molecule has 0 aromatic carbocycles. The van der Waals surface area contributed by atoms with Crippen molar-refractivity contribution in [2.75, 3.05) is 20.2 Å². The molecule has 1 heterocycles. The predicted molar refractivity (Wildman–Crippen MR) is 27.3 cm³/mol. The zero-order valence-corrected chi connectivity index (χ0v) is 4.55. The lowest BCUT2D eigenvalue weighted by Crippen LogP contribution is -2.10. The molecule has 0 aromatic rings. The molecule has 0 bridgehead atoms. The molecule has 7 heavy (non-hydrogen) atoms. The lowest BCUT2D eigenvalue weighted by molar-refractivity contribution is 0.119. The van der Waals surface area contributed by atoms with Crippen molar-refractivity contribution in [1.82, 2.24) is 5.32 Å². The molecule has 0 amide bonds. The molecule has 1 aliphatic rings. The Labute approximate surface area is 43.9 Å². The summed E-state index contributed by atoms with van der Waals surface area (Å²) in [7, 11) is 1.74. The number of hydrogen-bond acceptors (Lipinski definition) is 1. The van der Waals surface area contributed by atoms with Crippen LogP contribution in [-0.4, -0.2) is 26.3 Å². The van der Waals surface area contributed by atoms with Gasteiger partial charge in [0.25, 0.3) is 0 Å². The van der Waals surface area contributed by atoms with Gasteiger partial charge < -0.3 is 4.74 Å². The first kappa shape index (κ1) is 5.06. The molecule has 0 aliphatic carbocycles. The van der Waals surface area contributed by atoms with Crippen LogP contribution < -0.4 is 5.32 Å². The highest BCUT2D eigenvalue weighted by atomic mass is 16.5. The van der Waals surface area contributed by atoms with Crippen molar-refractivity contribution in [3.05, 3.63) is 0 Å². The lowest BCUT2D eigenvalue weighted by Gasteiger charge is -2.00. The topological polar surface area (TPSA) is 23.3 Å². The molecule has 1 fully saturated rings. The molecule has 0 saturated carbocycles. The van der Waals surface area contributed by atoms with Gasteiger partial charge in [0, 0.05) is 20.2 Å². The molecule has 2 nitrogen and oxygen atoms in total. The zero-order chi connectivity index (χ0) is 5.11. The van der Waals surface area contributed by atoms with Gasteiger partial charge in [-0.3, -0.25) is 0 Å². The number of ether oxygens (including phenoxy) is 1. The van der Waals surface area contributed by atoms with Crippen LogP contribution in [0.2, 0.25) is 0 Å². The summed E-state index contributed by atoms with van der Waals surface area (Å²) < 4.78 is 5.02. The van der Waals surface area contributed by atoms with Crippen LogP contribution >= 0.6 is 0 Å². The second-order valence-corrected chi connectivity index (χ2v) is 1.78. The fourth-order valence-corrected chi connectivity index (χ4v) is 0.754. The summed E-state index contributed by atoms with van der Waals surface area (Å²) >= 11 is 0. The summed E-state index contributed by atoms with van der Waals surface area (Å²) in [6, 6.07) is 0. The summed E-state index contributed by atoms with van der Waals surface area (Å²) in [4.78, 5) is 0. The van der Waals surface area contributed by atoms with Crippen LogP contribution in [0.25, 0.3) is 0 Å². The van der Waals surface area contributed by atoms with Gasteiger partial charge in [-0.2, -0.15) is 0 Å². The Kier molecular flexibility index (Phi) is 1.65. The van der Waals surface area contributed by atoms with E-state index < -0.39 is 0 Å². The van der Waals surface area contributed by atoms with E-state index in [9.17, 15) is 0 Å². The van der Waals surface area contributed by atoms with Crippen molar-refractivity contribution in [1.29, 1.82) is 0 Å². The van der Waals surface area contributed by atoms with Gasteiger partial charge >= 0.3 is 0 Å². The molecular formula is C5H10NO. The van der Waals surface area contributed by atoms with Gasteiger partial charge in [0.2, 0.25) is 0 Å². The Balaban J connectivity index is 2.14. The minimum absolute atomic E-state index is 0.431. The second-order valence-electron chi connectivity index (χ2n) is 1.78. The first-order chi connectivity index (χ1) is 3.43. The molecule has 1 rings (SSSR count). The molecule has 1 saturated heterocycles. The van der Waals surface area contributed by atoms with E-state index in [0.29, 0.717) is 6.10 Å². The van der Waals surface area contributed by atoms with E-state index in [0.717, 1.165) is 19.5 Å². The summed E-state index contributed by atoms with van der Waals surface area (Å²) in [5, 5.41) is 4.11. The highest BCUT2D eigenvalue weighted by molar-refractivity contribution is 4.69. The van der Waals surface area contributed by atoms with Crippen molar-refractivity contribution >= 4 is 0 Å². The monoisotopic (exact) mass is 100 g/mol. The molecule has 1 aliphatic heterocycles. The smallest absolute Gasteiger partial charge is 0.0725 e. The molecule has 0 N–H and O–H groups in total. The van der Waals surface area contributed by atoms with Crippen LogP contribution in [0.4, 0.5) is 0 Å². The van der Waals surface area contributed by atoms with Gasteiger partial charge in [-0.25, -0.2) is 5.32 Å². The largest absolute Gasteiger partial charge is 0.380 e. The quantitative estimate of drug-likeness (QED) is 0.455. The summed E-state index contributed by atoms with van der Waals surface area (Å²) in [5.74, 6) is 0. The number of nitrogens with zero attached hydrogens (tertiary/aromatic N) is 1. The van der Waals surface area contributed by atoms with E-state index >= 15 is 0 Å². The third-order valence-corrected chi connectivity index (χ3v) is 1.28. The average molecular weight is 100 g/mol. The fraction of sp³-hybridized carbons (Fsp3) is 1.00. The van der Waals surface area contributed by atoms with E-state index in [4.69, 9.17) is 4.74 Å². The Bertz CT molecular complexity index is 50.0. The molecule has 41 valence electrons. The standard InChI is InChI=1S/C5H10NO/c1-7-5-2-3-6-4-5/h5H,2-4H2,1H3/t5-/m1/s1. The van der Waals surface area contributed by atoms with E-state index in [1.807, 2.05) is 0 Å². The van der Waals surface area contributed by atoms with E-state index in [2.05, 4.69) is 5.32 Å². The number of hydrogen-bond donors (Lipinski definition) is 0. The third-order valence-electron chi connectivity index (χ3n) is 1.28. The average Bonchev–Trinajstić information content (AvgIpc) is 2.14. The summed E-state index contributed by atoms with van der Waals surface area (Å²) in [6.45, 7) is 1.91. The second kappa shape index (κ2) is 2.28. The van der Waals surface area contributed by atoms with Crippen LogP contribution in [0.3, 0.4) is 0 Å². The predicted octanol–water partition coefficient (Wildman–Crippen LogP) is 0.00950. The molecule has 1 atom stereocenters. The van der Waals surface area contributed by atoms with Crippen molar-refractivity contribution in [2.45, 2.75) is 12.5 Å². The first-order valence-electron chi connectivity index (χ1n) is 2.59. The first-order valence-corrected chi connectivity index (χ1v) is 2.59. The van der Waals surface area contributed by atoms with Crippen LogP contribution in [0.5, 0.6) is 0 Å². The lowest BCUT2D eigenvalue weighted by atomic mass is 10.3. The Morgan fingerprint density at radius 3 is 2.86 bits per heavy atom. The van der Waals surface area contributed by atoms with E-state index in [-0.39, 0.29) is 0 Å². The Hall–Kier alpha value is -0.0800. The SMILES string of the molecule is CO[C@@H]1CC[N]C1. The molecular weight excluding hydrogens is 90.1 g/mol. The van der Waals surface area contributed by atoms with E-state index in [1.54, 1.807) is 7.11 Å². The van der Waals surface area contributed by atoms with Crippen molar-refractivity contribution in [3.8, 4) is 0 Å². The maximum absolute atomic E-state index is 5.02. The van der Waals surface area contributed by atoms with E-state index in [1.165, 1.54) is 0 Å². The zero-order valence-electron chi connectivity index (χ0n) is 4.55. The van der Waals surface area contributed by atoms with Crippen LogP contribution in [0.15, 0.2) is 0 Å².